The van der Waals surface area contributed by atoms with Crippen LogP contribution in [0.1, 0.15) is 23.1 Å². The molecule has 0 saturated carbocycles. The summed E-state index contributed by atoms with van der Waals surface area (Å²) < 4.78 is 5.81. The van der Waals surface area contributed by atoms with Gasteiger partial charge in [-0.3, -0.25) is 14.5 Å². The Kier molecular flexibility index (Phi) is 4.23. The van der Waals surface area contributed by atoms with Crippen molar-refractivity contribution in [3.8, 4) is 5.75 Å². The predicted octanol–water partition coefficient (Wildman–Crippen LogP) is 2.31. The topological polar surface area (TPSA) is 46.6 Å². The van der Waals surface area contributed by atoms with E-state index >= 15 is 0 Å². The van der Waals surface area contributed by atoms with Crippen LogP contribution in [0.25, 0.3) is 0 Å². The number of imide groups is 1. The maximum atomic E-state index is 11.4. The van der Waals surface area contributed by atoms with Gasteiger partial charge in [0.05, 0.1) is 6.61 Å². The van der Waals surface area contributed by atoms with Crippen molar-refractivity contribution in [2.75, 3.05) is 13.2 Å². The van der Waals surface area contributed by atoms with Crippen LogP contribution in [-0.4, -0.2) is 29.9 Å². The van der Waals surface area contributed by atoms with Gasteiger partial charge < -0.3 is 4.74 Å². The lowest BCUT2D eigenvalue weighted by molar-refractivity contribution is -0.136. The highest BCUT2D eigenvalue weighted by Gasteiger charge is 2.22. The Bertz CT molecular complexity index is 557. The molecule has 0 unspecified atom stereocenters. The third kappa shape index (κ3) is 2.90. The van der Waals surface area contributed by atoms with E-state index in [9.17, 15) is 9.59 Å². The van der Waals surface area contributed by atoms with Gasteiger partial charge in [0.15, 0.2) is 0 Å². The number of rotatable bonds is 5. The van der Waals surface area contributed by atoms with Gasteiger partial charge in [-0.1, -0.05) is 12.1 Å². The number of nitrogens with zero attached hydrogens (tertiary/aromatic N) is 1. The molecule has 0 N–H and O–H groups in total. The molecule has 1 aliphatic heterocycles. The van der Waals surface area contributed by atoms with E-state index in [0.717, 1.165) is 16.9 Å². The van der Waals surface area contributed by atoms with E-state index in [4.69, 9.17) is 4.74 Å². The number of hydrogen-bond donors (Lipinski definition) is 0. The Balaban J connectivity index is 1.87. The first-order valence-corrected chi connectivity index (χ1v) is 6.74. The van der Waals surface area contributed by atoms with Gasteiger partial charge in [0, 0.05) is 18.7 Å². The summed E-state index contributed by atoms with van der Waals surface area (Å²) in [5.74, 6) is 0.429. The smallest absolute Gasteiger partial charge is 0.253 e. The third-order valence-electron chi connectivity index (χ3n) is 3.55. The Morgan fingerprint density at radius 3 is 2.25 bits per heavy atom. The second kappa shape index (κ2) is 5.90. The summed E-state index contributed by atoms with van der Waals surface area (Å²) in [6.45, 7) is 6.99. The number of carbonyl (C=O) groups excluding carboxylic acids is 2. The van der Waals surface area contributed by atoms with E-state index in [1.54, 1.807) is 0 Å². The fourth-order valence-corrected chi connectivity index (χ4v) is 2.20. The molecule has 20 heavy (non-hydrogen) atoms. The van der Waals surface area contributed by atoms with Crippen LogP contribution in [0.2, 0.25) is 0 Å². The molecule has 0 fully saturated rings. The molecule has 4 heteroatoms. The Morgan fingerprint density at radius 2 is 1.60 bits per heavy atom. The fourth-order valence-electron chi connectivity index (χ4n) is 2.20. The lowest BCUT2D eigenvalue weighted by Gasteiger charge is -2.16. The monoisotopic (exact) mass is 273 g/mol. The minimum absolute atomic E-state index is 0.238. The molecule has 2 amide bonds. The summed E-state index contributed by atoms with van der Waals surface area (Å²) in [7, 11) is 0. The highest BCUT2D eigenvalue weighted by atomic mass is 16.5. The van der Waals surface area contributed by atoms with Crippen LogP contribution in [0, 0.1) is 20.8 Å². The van der Waals surface area contributed by atoms with Crippen LogP contribution in [0.15, 0.2) is 24.3 Å². The number of benzene rings is 1. The molecule has 0 atom stereocenters. The standard InChI is InChI=1S/C16H19NO3/c1-11-5-6-12(2)16(13(11)3)20-10-4-9-17-14(18)7-8-15(17)19/h5-8H,4,9-10H2,1-3H3. The molecule has 0 radical (unpaired) electrons. The summed E-state index contributed by atoms with van der Waals surface area (Å²) in [4.78, 5) is 24.0. The zero-order chi connectivity index (χ0) is 14.7. The van der Waals surface area contributed by atoms with Gasteiger partial charge in [0.2, 0.25) is 0 Å². The third-order valence-corrected chi connectivity index (χ3v) is 3.55. The van der Waals surface area contributed by atoms with Crippen molar-refractivity contribution in [1.82, 2.24) is 4.90 Å². The number of amides is 2. The summed E-state index contributed by atoms with van der Waals surface area (Å²) in [6.07, 6.45) is 3.24. The lowest BCUT2D eigenvalue weighted by Crippen LogP contribution is -2.31. The first kappa shape index (κ1) is 14.3. The van der Waals surface area contributed by atoms with Crippen molar-refractivity contribution in [3.05, 3.63) is 41.0 Å². The van der Waals surface area contributed by atoms with Crippen LogP contribution in [0.5, 0.6) is 5.75 Å². The van der Waals surface area contributed by atoms with Crippen molar-refractivity contribution in [1.29, 1.82) is 0 Å². The number of aryl methyl sites for hydroxylation is 2. The fraction of sp³-hybridized carbons (Fsp3) is 0.375. The van der Waals surface area contributed by atoms with Crippen molar-refractivity contribution in [2.45, 2.75) is 27.2 Å². The zero-order valence-corrected chi connectivity index (χ0v) is 12.1. The van der Waals surface area contributed by atoms with Crippen LogP contribution in [0.4, 0.5) is 0 Å². The van der Waals surface area contributed by atoms with Crippen LogP contribution < -0.4 is 4.74 Å². The molecule has 1 aromatic carbocycles. The zero-order valence-electron chi connectivity index (χ0n) is 12.1. The van der Waals surface area contributed by atoms with Gasteiger partial charge >= 0.3 is 0 Å². The number of ether oxygens (including phenoxy) is 1. The highest BCUT2D eigenvalue weighted by molar-refractivity contribution is 6.12. The molecule has 1 heterocycles. The van der Waals surface area contributed by atoms with Crippen LogP contribution >= 0.6 is 0 Å². The second-order valence-corrected chi connectivity index (χ2v) is 5.02. The first-order chi connectivity index (χ1) is 9.50. The molecule has 1 aromatic rings. The number of hydrogen-bond acceptors (Lipinski definition) is 3. The molecule has 0 bridgehead atoms. The van der Waals surface area contributed by atoms with Gasteiger partial charge in [-0.2, -0.15) is 0 Å². The average molecular weight is 273 g/mol. The van der Waals surface area contributed by atoms with E-state index in [2.05, 4.69) is 13.0 Å². The second-order valence-electron chi connectivity index (χ2n) is 5.02. The highest BCUT2D eigenvalue weighted by Crippen LogP contribution is 2.25. The van der Waals surface area contributed by atoms with Gasteiger partial charge in [-0.25, -0.2) is 0 Å². The Labute approximate surface area is 119 Å². The average Bonchev–Trinajstić information content (AvgIpc) is 2.73. The molecular formula is C16H19NO3. The van der Waals surface area contributed by atoms with Gasteiger partial charge in [0.1, 0.15) is 5.75 Å². The van der Waals surface area contributed by atoms with Crippen molar-refractivity contribution in [2.24, 2.45) is 0 Å². The summed E-state index contributed by atoms with van der Waals surface area (Å²) in [6, 6.07) is 4.11. The van der Waals surface area contributed by atoms with E-state index < -0.39 is 0 Å². The van der Waals surface area contributed by atoms with E-state index in [-0.39, 0.29) is 11.8 Å². The summed E-state index contributed by atoms with van der Waals surface area (Å²) in [5, 5.41) is 0. The van der Waals surface area contributed by atoms with Crippen LogP contribution in [0.3, 0.4) is 0 Å². The molecule has 4 nitrogen and oxygen atoms in total. The largest absolute Gasteiger partial charge is 0.493 e. The van der Waals surface area contributed by atoms with E-state index in [0.29, 0.717) is 19.6 Å². The minimum Gasteiger partial charge on any atom is -0.493 e. The quantitative estimate of drug-likeness (QED) is 0.611. The predicted molar refractivity (Wildman–Crippen MR) is 76.6 cm³/mol. The van der Waals surface area contributed by atoms with Crippen molar-refractivity contribution < 1.29 is 14.3 Å². The Hall–Kier alpha value is -2.10. The number of carbonyl (C=O) groups is 2. The van der Waals surface area contributed by atoms with Crippen LogP contribution in [-0.2, 0) is 9.59 Å². The van der Waals surface area contributed by atoms with Gasteiger partial charge in [-0.05, 0) is 43.9 Å². The maximum absolute atomic E-state index is 11.4. The molecule has 0 spiro atoms. The lowest BCUT2D eigenvalue weighted by atomic mass is 10.1. The summed E-state index contributed by atoms with van der Waals surface area (Å²) in [5.41, 5.74) is 3.43. The molecule has 0 aliphatic carbocycles. The minimum atomic E-state index is -0.238. The molecule has 106 valence electrons. The van der Waals surface area contributed by atoms with Crippen molar-refractivity contribution >= 4 is 11.8 Å². The van der Waals surface area contributed by atoms with Gasteiger partial charge in [-0.15, -0.1) is 0 Å². The maximum Gasteiger partial charge on any atom is 0.253 e. The molecular weight excluding hydrogens is 254 g/mol. The van der Waals surface area contributed by atoms with Gasteiger partial charge in [0.25, 0.3) is 11.8 Å². The molecule has 0 saturated heterocycles. The SMILES string of the molecule is Cc1ccc(C)c(OCCCN2C(=O)C=CC2=O)c1C. The molecule has 1 aliphatic rings. The van der Waals surface area contributed by atoms with Crippen molar-refractivity contribution in [3.63, 3.8) is 0 Å². The molecule has 0 aromatic heterocycles. The van der Waals surface area contributed by atoms with E-state index in [1.165, 1.54) is 22.6 Å². The first-order valence-electron chi connectivity index (χ1n) is 6.74. The Morgan fingerprint density at radius 1 is 1.00 bits per heavy atom. The van der Waals surface area contributed by atoms with E-state index in [1.807, 2.05) is 19.9 Å². The summed E-state index contributed by atoms with van der Waals surface area (Å²) >= 11 is 0. The molecule has 2 rings (SSSR count). The normalized spacial score (nSPS) is 14.2.